The van der Waals surface area contributed by atoms with Crippen LogP contribution in [0.1, 0.15) is 28.3 Å². The largest absolute Gasteiger partial charge is 0.337 e. The van der Waals surface area contributed by atoms with Crippen molar-refractivity contribution in [1.29, 1.82) is 0 Å². The van der Waals surface area contributed by atoms with Gasteiger partial charge in [0.1, 0.15) is 5.69 Å². The number of carbonyl (C=O) groups is 1. The van der Waals surface area contributed by atoms with E-state index in [1.54, 1.807) is 21.7 Å². The van der Waals surface area contributed by atoms with Crippen LogP contribution in [-0.4, -0.2) is 45.2 Å². The van der Waals surface area contributed by atoms with Gasteiger partial charge in [-0.1, -0.05) is 11.6 Å². The number of aromatic nitrogens is 3. The Hall–Kier alpha value is -1.92. The van der Waals surface area contributed by atoms with Gasteiger partial charge in [0, 0.05) is 18.8 Å². The Morgan fingerprint density at radius 1 is 1.43 bits per heavy atom. The smallest absolute Gasteiger partial charge is 0.274 e. The molecule has 3 rings (SSSR count). The Morgan fingerprint density at radius 2 is 2.22 bits per heavy atom. The number of nitrogens with two attached hydrogens (primary N) is 1. The number of hydrogen-bond acceptors (Lipinski definition) is 4. The number of pyridine rings is 1. The highest BCUT2D eigenvalue weighted by Crippen LogP contribution is 2.22. The van der Waals surface area contributed by atoms with E-state index in [1.807, 2.05) is 19.9 Å². The van der Waals surface area contributed by atoms with Crippen molar-refractivity contribution in [1.82, 2.24) is 19.7 Å². The molecule has 6 nitrogen and oxygen atoms in total. The van der Waals surface area contributed by atoms with Gasteiger partial charge in [-0.15, -0.1) is 0 Å². The summed E-state index contributed by atoms with van der Waals surface area (Å²) in [4.78, 5) is 18.9. The standard InChI is InChI=1S/C16H20ClN5O/c1-10-7-11(2)22(20-10)14-4-3-13(17)15(19-14)16(23)21-6-5-12(8-18)9-21/h3-4,7,12H,5-6,8-9,18H2,1-2H3. The van der Waals surface area contributed by atoms with Gasteiger partial charge in [0.05, 0.1) is 10.7 Å². The summed E-state index contributed by atoms with van der Waals surface area (Å²) in [7, 11) is 0. The van der Waals surface area contributed by atoms with Crippen LogP contribution in [0.15, 0.2) is 18.2 Å². The van der Waals surface area contributed by atoms with Crippen molar-refractivity contribution in [3.63, 3.8) is 0 Å². The van der Waals surface area contributed by atoms with Crippen molar-refractivity contribution in [2.24, 2.45) is 11.7 Å². The lowest BCUT2D eigenvalue weighted by Gasteiger charge is -2.17. The maximum Gasteiger partial charge on any atom is 0.274 e. The minimum Gasteiger partial charge on any atom is -0.337 e. The van der Waals surface area contributed by atoms with Crippen LogP contribution in [0.4, 0.5) is 0 Å². The number of hydrogen-bond donors (Lipinski definition) is 1. The zero-order chi connectivity index (χ0) is 16.6. The summed E-state index contributed by atoms with van der Waals surface area (Å²) in [6.07, 6.45) is 0.928. The molecule has 1 aliphatic heterocycles. The molecule has 1 atom stereocenters. The first-order valence-electron chi connectivity index (χ1n) is 7.69. The van der Waals surface area contributed by atoms with Crippen LogP contribution < -0.4 is 5.73 Å². The first kappa shape index (κ1) is 16.0. The molecule has 0 saturated carbocycles. The van der Waals surface area contributed by atoms with Crippen LogP contribution in [0.25, 0.3) is 5.82 Å². The second kappa shape index (κ2) is 6.29. The quantitative estimate of drug-likeness (QED) is 0.931. The third-order valence-electron chi connectivity index (χ3n) is 4.17. The highest BCUT2D eigenvalue weighted by Gasteiger charge is 2.28. The van der Waals surface area contributed by atoms with Crippen molar-refractivity contribution in [3.8, 4) is 5.82 Å². The first-order valence-corrected chi connectivity index (χ1v) is 8.07. The monoisotopic (exact) mass is 333 g/mol. The molecule has 1 aliphatic rings. The lowest BCUT2D eigenvalue weighted by molar-refractivity contribution is 0.0782. The molecule has 122 valence electrons. The van der Waals surface area contributed by atoms with E-state index < -0.39 is 0 Å². The molecule has 2 aromatic rings. The number of amides is 1. The lowest BCUT2D eigenvalue weighted by Crippen LogP contribution is -2.31. The van der Waals surface area contributed by atoms with Crippen LogP contribution in [0, 0.1) is 19.8 Å². The topological polar surface area (TPSA) is 77.0 Å². The molecule has 1 unspecified atom stereocenters. The SMILES string of the molecule is Cc1cc(C)n(-c2ccc(Cl)c(C(=O)N3CCC(CN)C3)n2)n1. The fourth-order valence-corrected chi connectivity index (χ4v) is 3.11. The van der Waals surface area contributed by atoms with Crippen molar-refractivity contribution in [3.05, 3.63) is 40.3 Å². The number of rotatable bonds is 3. The number of nitrogens with zero attached hydrogens (tertiary/aromatic N) is 4. The maximum absolute atomic E-state index is 12.7. The predicted molar refractivity (Wildman–Crippen MR) is 88.9 cm³/mol. The molecule has 0 aromatic carbocycles. The fraction of sp³-hybridized carbons (Fsp3) is 0.438. The van der Waals surface area contributed by atoms with E-state index >= 15 is 0 Å². The van der Waals surface area contributed by atoms with Gasteiger partial charge >= 0.3 is 0 Å². The molecular formula is C16H20ClN5O. The molecular weight excluding hydrogens is 314 g/mol. The van der Waals surface area contributed by atoms with Gasteiger partial charge < -0.3 is 10.6 Å². The molecule has 3 heterocycles. The summed E-state index contributed by atoms with van der Waals surface area (Å²) >= 11 is 6.21. The summed E-state index contributed by atoms with van der Waals surface area (Å²) in [5.74, 6) is 0.809. The summed E-state index contributed by atoms with van der Waals surface area (Å²) in [5, 5.41) is 4.76. The average molecular weight is 334 g/mol. The summed E-state index contributed by atoms with van der Waals surface area (Å²) < 4.78 is 1.72. The Balaban J connectivity index is 1.92. The second-order valence-electron chi connectivity index (χ2n) is 5.98. The zero-order valence-corrected chi connectivity index (χ0v) is 14.0. The Labute approximate surface area is 140 Å². The van der Waals surface area contributed by atoms with Gasteiger partial charge in [0.2, 0.25) is 0 Å². The van der Waals surface area contributed by atoms with E-state index in [-0.39, 0.29) is 11.6 Å². The molecule has 1 fully saturated rings. The fourth-order valence-electron chi connectivity index (χ4n) is 2.92. The van der Waals surface area contributed by atoms with Gasteiger partial charge in [0.15, 0.2) is 5.82 Å². The van der Waals surface area contributed by atoms with E-state index in [0.717, 1.165) is 17.8 Å². The van der Waals surface area contributed by atoms with Crippen molar-refractivity contribution in [2.75, 3.05) is 19.6 Å². The molecule has 7 heteroatoms. The van der Waals surface area contributed by atoms with E-state index in [0.29, 0.717) is 36.4 Å². The van der Waals surface area contributed by atoms with Gasteiger partial charge in [-0.05, 0) is 50.9 Å². The maximum atomic E-state index is 12.7. The van der Waals surface area contributed by atoms with Crippen LogP contribution in [0.3, 0.4) is 0 Å². The van der Waals surface area contributed by atoms with E-state index in [4.69, 9.17) is 17.3 Å². The number of halogens is 1. The molecule has 2 aromatic heterocycles. The van der Waals surface area contributed by atoms with Crippen molar-refractivity contribution >= 4 is 17.5 Å². The predicted octanol–water partition coefficient (Wildman–Crippen LogP) is 1.96. The van der Waals surface area contributed by atoms with Gasteiger partial charge in [-0.2, -0.15) is 5.10 Å². The summed E-state index contributed by atoms with van der Waals surface area (Å²) in [5.41, 5.74) is 7.82. The highest BCUT2D eigenvalue weighted by molar-refractivity contribution is 6.33. The van der Waals surface area contributed by atoms with Gasteiger partial charge in [0.25, 0.3) is 5.91 Å². The minimum absolute atomic E-state index is 0.144. The number of aryl methyl sites for hydroxylation is 2. The highest BCUT2D eigenvalue weighted by atomic mass is 35.5. The normalized spacial score (nSPS) is 17.7. The molecule has 0 spiro atoms. The van der Waals surface area contributed by atoms with Crippen LogP contribution in [0.2, 0.25) is 5.02 Å². The Bertz CT molecular complexity index is 742. The first-order chi connectivity index (χ1) is 11.0. The third-order valence-corrected chi connectivity index (χ3v) is 4.47. The third kappa shape index (κ3) is 3.09. The second-order valence-corrected chi connectivity index (χ2v) is 6.39. The minimum atomic E-state index is -0.144. The summed E-state index contributed by atoms with van der Waals surface area (Å²) in [6.45, 7) is 5.82. The van der Waals surface area contributed by atoms with Crippen molar-refractivity contribution < 1.29 is 4.79 Å². The lowest BCUT2D eigenvalue weighted by atomic mass is 10.1. The van der Waals surface area contributed by atoms with E-state index in [9.17, 15) is 4.79 Å². The van der Waals surface area contributed by atoms with Gasteiger partial charge in [-0.3, -0.25) is 4.79 Å². The molecule has 2 N–H and O–H groups in total. The Kier molecular flexibility index (Phi) is 4.37. The van der Waals surface area contributed by atoms with Crippen LogP contribution >= 0.6 is 11.6 Å². The molecule has 1 amide bonds. The van der Waals surface area contributed by atoms with Gasteiger partial charge in [-0.25, -0.2) is 9.67 Å². The molecule has 0 radical (unpaired) electrons. The number of likely N-dealkylation sites (tertiary alicyclic amines) is 1. The van der Waals surface area contributed by atoms with E-state index in [2.05, 4.69) is 10.1 Å². The number of carbonyl (C=O) groups excluding carboxylic acids is 1. The van der Waals surface area contributed by atoms with Crippen LogP contribution in [-0.2, 0) is 0 Å². The molecule has 23 heavy (non-hydrogen) atoms. The molecule has 0 bridgehead atoms. The molecule has 1 saturated heterocycles. The Morgan fingerprint density at radius 3 is 2.83 bits per heavy atom. The van der Waals surface area contributed by atoms with E-state index in [1.165, 1.54) is 0 Å². The van der Waals surface area contributed by atoms with Crippen LogP contribution in [0.5, 0.6) is 0 Å². The zero-order valence-electron chi connectivity index (χ0n) is 13.3. The average Bonchev–Trinajstić information content (AvgIpc) is 3.13. The molecule has 0 aliphatic carbocycles. The van der Waals surface area contributed by atoms with Crippen molar-refractivity contribution in [2.45, 2.75) is 20.3 Å². The summed E-state index contributed by atoms with van der Waals surface area (Å²) in [6, 6.07) is 5.43.